The van der Waals surface area contributed by atoms with Crippen molar-refractivity contribution in [3.63, 3.8) is 0 Å². The average Bonchev–Trinajstić information content (AvgIpc) is 2.98. The third kappa shape index (κ3) is 10.3. The highest BCUT2D eigenvalue weighted by molar-refractivity contribution is 4.77. The Hall–Kier alpha value is -0.120. The number of nitrogens with zero attached hydrogens (tertiary/aromatic N) is 1. The summed E-state index contributed by atoms with van der Waals surface area (Å²) in [7, 11) is 6.00. The van der Waals surface area contributed by atoms with Crippen LogP contribution in [0, 0.1) is 0 Å². The van der Waals surface area contributed by atoms with E-state index < -0.39 is 0 Å². The van der Waals surface area contributed by atoms with Gasteiger partial charge in [0.15, 0.2) is 0 Å². The zero-order chi connectivity index (χ0) is 19.1. The van der Waals surface area contributed by atoms with Crippen LogP contribution in [-0.4, -0.2) is 57.6 Å². The Morgan fingerprint density at radius 2 is 0.962 bits per heavy atom. The summed E-state index contributed by atoms with van der Waals surface area (Å²) in [6.07, 6.45) is 20.6. The van der Waals surface area contributed by atoms with Crippen molar-refractivity contribution in [3.05, 3.63) is 0 Å². The maximum absolute atomic E-state index is 5.59. The molecule has 1 aliphatic heterocycles. The van der Waals surface area contributed by atoms with E-state index in [9.17, 15) is 0 Å². The lowest BCUT2D eigenvalue weighted by molar-refractivity contribution is -0.900. The van der Waals surface area contributed by atoms with Crippen molar-refractivity contribution >= 4 is 0 Å². The Kier molecular flexibility index (Phi) is 13.7. The molecule has 0 aromatic rings. The van der Waals surface area contributed by atoms with Gasteiger partial charge >= 0.3 is 0 Å². The third-order valence-corrected chi connectivity index (χ3v) is 6.31. The van der Waals surface area contributed by atoms with E-state index in [4.69, 9.17) is 9.47 Å². The summed E-state index contributed by atoms with van der Waals surface area (Å²) in [6, 6.07) is 0. The highest BCUT2D eigenvalue weighted by atomic mass is 16.5. The molecule has 0 N–H and O–H groups in total. The van der Waals surface area contributed by atoms with E-state index in [-0.39, 0.29) is 12.2 Å². The third-order valence-electron chi connectivity index (χ3n) is 6.31. The minimum absolute atomic E-state index is 0.275. The molecule has 2 atom stereocenters. The predicted octanol–water partition coefficient (Wildman–Crippen LogP) is 5.96. The van der Waals surface area contributed by atoms with E-state index in [1.807, 2.05) is 14.2 Å². The van der Waals surface area contributed by atoms with Gasteiger partial charge in [-0.15, -0.1) is 0 Å². The van der Waals surface area contributed by atoms with Gasteiger partial charge in [0.2, 0.25) is 0 Å². The first kappa shape index (κ1) is 23.9. The van der Waals surface area contributed by atoms with Crippen molar-refractivity contribution in [2.75, 3.05) is 40.9 Å². The van der Waals surface area contributed by atoms with Crippen molar-refractivity contribution in [1.82, 2.24) is 0 Å². The average molecular weight is 371 g/mol. The van der Waals surface area contributed by atoms with Crippen molar-refractivity contribution in [1.29, 1.82) is 0 Å². The topological polar surface area (TPSA) is 18.5 Å². The molecule has 0 spiro atoms. The lowest BCUT2D eigenvalue weighted by atomic mass is 10.0. The highest BCUT2D eigenvalue weighted by Crippen LogP contribution is 2.23. The van der Waals surface area contributed by atoms with Gasteiger partial charge in [0, 0.05) is 14.2 Å². The van der Waals surface area contributed by atoms with Crippen LogP contribution in [0.3, 0.4) is 0 Å². The molecule has 0 saturated carbocycles. The summed E-state index contributed by atoms with van der Waals surface area (Å²) in [6.45, 7) is 5.78. The van der Waals surface area contributed by atoms with Crippen molar-refractivity contribution in [2.45, 2.75) is 109 Å². The summed E-state index contributed by atoms with van der Waals surface area (Å²) in [4.78, 5) is 0. The van der Waals surface area contributed by atoms with Crippen LogP contribution >= 0.6 is 0 Å². The first-order valence-electron chi connectivity index (χ1n) is 11.5. The number of likely N-dealkylation sites (N-methyl/N-ethyl adjacent to an activating group) is 1. The van der Waals surface area contributed by atoms with Crippen LogP contribution in [0.15, 0.2) is 0 Å². The monoisotopic (exact) mass is 370 g/mol. The van der Waals surface area contributed by atoms with Gasteiger partial charge in [-0.05, 0) is 12.8 Å². The fourth-order valence-electron chi connectivity index (χ4n) is 4.50. The van der Waals surface area contributed by atoms with Crippen LogP contribution in [0.2, 0.25) is 0 Å². The molecule has 156 valence electrons. The smallest absolute Gasteiger partial charge is 0.137 e. The molecular weight excluding hydrogens is 322 g/mol. The number of quaternary nitrogens is 1. The van der Waals surface area contributed by atoms with Crippen LogP contribution in [0.5, 0.6) is 0 Å². The van der Waals surface area contributed by atoms with E-state index in [0.717, 1.165) is 17.6 Å². The zero-order valence-corrected chi connectivity index (χ0v) is 18.4. The Labute approximate surface area is 164 Å². The van der Waals surface area contributed by atoms with Gasteiger partial charge in [0.25, 0.3) is 0 Å². The number of methoxy groups -OCH3 is 2. The number of unbranched alkanes of at least 4 members (excludes halogenated alkanes) is 13. The molecule has 0 unspecified atom stereocenters. The van der Waals surface area contributed by atoms with Crippen LogP contribution in [-0.2, 0) is 9.47 Å². The Morgan fingerprint density at radius 3 is 1.31 bits per heavy atom. The van der Waals surface area contributed by atoms with E-state index in [2.05, 4.69) is 14.0 Å². The summed E-state index contributed by atoms with van der Waals surface area (Å²) >= 11 is 0. The standard InChI is InChI=1S/C23H48NO2/c1-5-6-7-8-9-10-11-12-13-14-15-16-17-18-19-24(2)20-22(25-3)23(21-24)26-4/h22-23H,5-21H2,1-4H3/q+1/t22-,23-/m1/s1. The molecule has 1 fully saturated rings. The van der Waals surface area contributed by atoms with Gasteiger partial charge in [0.1, 0.15) is 25.3 Å². The number of ether oxygens (including phenoxy) is 2. The maximum Gasteiger partial charge on any atom is 0.137 e. The number of likely N-dealkylation sites (tertiary alicyclic amines) is 1. The van der Waals surface area contributed by atoms with Crippen LogP contribution in [0.4, 0.5) is 0 Å². The van der Waals surface area contributed by atoms with E-state index in [1.165, 1.54) is 96.4 Å². The molecule has 3 nitrogen and oxygen atoms in total. The largest absolute Gasteiger partial charge is 0.373 e. The second-order valence-electron chi connectivity index (χ2n) is 8.85. The first-order valence-corrected chi connectivity index (χ1v) is 11.5. The lowest BCUT2D eigenvalue weighted by Gasteiger charge is -2.29. The fourth-order valence-corrected chi connectivity index (χ4v) is 4.50. The molecule has 0 bridgehead atoms. The molecular formula is C23H48NO2+. The van der Waals surface area contributed by atoms with Gasteiger partial charge in [-0.25, -0.2) is 0 Å². The normalized spacial score (nSPS) is 22.2. The quantitative estimate of drug-likeness (QED) is 0.232. The predicted molar refractivity (Wildman–Crippen MR) is 113 cm³/mol. The molecule has 3 heteroatoms. The molecule has 1 rings (SSSR count). The Bertz CT molecular complexity index is 309. The fraction of sp³-hybridized carbons (Fsp3) is 1.00. The molecule has 1 saturated heterocycles. The van der Waals surface area contributed by atoms with Gasteiger partial charge in [0.05, 0.1) is 13.6 Å². The van der Waals surface area contributed by atoms with Gasteiger partial charge in [-0.2, -0.15) is 0 Å². The van der Waals surface area contributed by atoms with Crippen molar-refractivity contribution in [3.8, 4) is 0 Å². The van der Waals surface area contributed by atoms with Gasteiger partial charge in [-0.3, -0.25) is 0 Å². The van der Waals surface area contributed by atoms with E-state index in [1.54, 1.807) is 0 Å². The molecule has 1 heterocycles. The molecule has 0 aromatic carbocycles. The minimum Gasteiger partial charge on any atom is -0.373 e. The number of hydrogen-bond donors (Lipinski definition) is 0. The summed E-state index contributed by atoms with van der Waals surface area (Å²) in [5, 5.41) is 0. The Balaban J connectivity index is 1.88. The van der Waals surface area contributed by atoms with Gasteiger partial charge < -0.3 is 14.0 Å². The summed E-state index contributed by atoms with van der Waals surface area (Å²) < 4.78 is 12.3. The van der Waals surface area contributed by atoms with Gasteiger partial charge in [-0.1, -0.05) is 84.0 Å². The lowest BCUT2D eigenvalue weighted by Crippen LogP contribution is -2.43. The van der Waals surface area contributed by atoms with E-state index in [0.29, 0.717) is 0 Å². The molecule has 0 radical (unpaired) electrons. The summed E-state index contributed by atoms with van der Waals surface area (Å²) in [5.74, 6) is 0. The van der Waals surface area contributed by atoms with E-state index >= 15 is 0 Å². The second-order valence-corrected chi connectivity index (χ2v) is 8.85. The molecule has 0 aromatic heterocycles. The Morgan fingerprint density at radius 1 is 0.615 bits per heavy atom. The van der Waals surface area contributed by atoms with Crippen molar-refractivity contribution in [2.24, 2.45) is 0 Å². The van der Waals surface area contributed by atoms with Crippen LogP contribution in [0.25, 0.3) is 0 Å². The summed E-state index contributed by atoms with van der Waals surface area (Å²) in [5.41, 5.74) is 0. The highest BCUT2D eigenvalue weighted by Gasteiger charge is 2.42. The SMILES string of the molecule is CCCCCCCCCCCCCCCC[N+]1(C)C[C@@H](OC)[C@H](OC)C1. The molecule has 1 aliphatic rings. The molecule has 0 aliphatic carbocycles. The molecule has 0 amide bonds. The number of hydrogen-bond acceptors (Lipinski definition) is 2. The zero-order valence-electron chi connectivity index (χ0n) is 18.4. The first-order chi connectivity index (χ1) is 12.6. The minimum atomic E-state index is 0.275. The second kappa shape index (κ2) is 14.9. The number of rotatable bonds is 17. The molecule has 26 heavy (non-hydrogen) atoms. The van der Waals surface area contributed by atoms with Crippen molar-refractivity contribution < 1.29 is 14.0 Å². The maximum atomic E-state index is 5.59. The van der Waals surface area contributed by atoms with Crippen LogP contribution < -0.4 is 0 Å². The van der Waals surface area contributed by atoms with Crippen LogP contribution in [0.1, 0.15) is 96.8 Å².